The summed E-state index contributed by atoms with van der Waals surface area (Å²) < 4.78 is 0. The fourth-order valence-electron chi connectivity index (χ4n) is 3.00. The van der Waals surface area contributed by atoms with Crippen LogP contribution in [-0.2, 0) is 0 Å². The summed E-state index contributed by atoms with van der Waals surface area (Å²) in [7, 11) is 0. The second-order valence-electron chi connectivity index (χ2n) is 5.46. The highest BCUT2D eigenvalue weighted by atomic mass is 15.2. The van der Waals surface area contributed by atoms with Crippen molar-refractivity contribution in [3.63, 3.8) is 0 Å². The topological polar surface area (TPSA) is 32.5 Å². The summed E-state index contributed by atoms with van der Waals surface area (Å²) in [6, 6.07) is 0.434. The average molecular weight is 225 g/mol. The maximum absolute atomic E-state index is 5.99. The number of nitrogens with zero attached hydrogens (tertiary/aromatic N) is 2. The summed E-state index contributed by atoms with van der Waals surface area (Å²) in [5.41, 5.74) is 5.99. The molecule has 0 saturated carbocycles. The van der Waals surface area contributed by atoms with Crippen LogP contribution >= 0.6 is 0 Å². The molecule has 0 aliphatic carbocycles. The van der Waals surface area contributed by atoms with E-state index in [9.17, 15) is 0 Å². The summed E-state index contributed by atoms with van der Waals surface area (Å²) >= 11 is 0. The van der Waals surface area contributed by atoms with Crippen molar-refractivity contribution < 1.29 is 0 Å². The lowest BCUT2D eigenvalue weighted by Gasteiger charge is -2.32. The molecule has 2 fully saturated rings. The SMILES string of the molecule is N[C@@H]1CCCN(CCCN2CCCCC2)C1. The zero-order chi connectivity index (χ0) is 11.2. The molecular formula is C13H27N3. The summed E-state index contributed by atoms with van der Waals surface area (Å²) in [5.74, 6) is 0. The molecule has 1 atom stereocenters. The first kappa shape index (κ1) is 12.3. The van der Waals surface area contributed by atoms with E-state index in [0.29, 0.717) is 6.04 Å². The fraction of sp³-hybridized carbons (Fsp3) is 1.00. The molecule has 0 unspecified atom stereocenters. The van der Waals surface area contributed by atoms with E-state index in [1.807, 2.05) is 0 Å². The quantitative estimate of drug-likeness (QED) is 0.782. The van der Waals surface area contributed by atoms with Crippen molar-refractivity contribution in [3.8, 4) is 0 Å². The Bertz CT molecular complexity index is 190. The van der Waals surface area contributed by atoms with Gasteiger partial charge in [-0.3, -0.25) is 0 Å². The lowest BCUT2D eigenvalue weighted by molar-refractivity contribution is 0.179. The van der Waals surface area contributed by atoms with Gasteiger partial charge in [-0.1, -0.05) is 6.42 Å². The number of rotatable bonds is 4. The first-order chi connectivity index (χ1) is 7.84. The van der Waals surface area contributed by atoms with Crippen LogP contribution in [0.1, 0.15) is 38.5 Å². The van der Waals surface area contributed by atoms with Gasteiger partial charge in [-0.05, 0) is 64.8 Å². The molecule has 2 saturated heterocycles. The van der Waals surface area contributed by atoms with E-state index in [1.165, 1.54) is 71.2 Å². The lowest BCUT2D eigenvalue weighted by Crippen LogP contribution is -2.43. The van der Waals surface area contributed by atoms with Gasteiger partial charge in [-0.25, -0.2) is 0 Å². The van der Waals surface area contributed by atoms with Crippen molar-refractivity contribution in [2.75, 3.05) is 39.3 Å². The van der Waals surface area contributed by atoms with E-state index >= 15 is 0 Å². The smallest absolute Gasteiger partial charge is 0.0168 e. The van der Waals surface area contributed by atoms with Gasteiger partial charge in [0.05, 0.1) is 0 Å². The van der Waals surface area contributed by atoms with Gasteiger partial charge < -0.3 is 15.5 Å². The molecular weight excluding hydrogens is 198 g/mol. The second kappa shape index (κ2) is 6.58. The Morgan fingerprint density at radius 2 is 1.56 bits per heavy atom. The Kier molecular flexibility index (Phi) is 5.07. The van der Waals surface area contributed by atoms with E-state index in [1.54, 1.807) is 0 Å². The third-order valence-corrected chi connectivity index (χ3v) is 3.94. The zero-order valence-corrected chi connectivity index (χ0v) is 10.5. The normalized spacial score (nSPS) is 29.4. The van der Waals surface area contributed by atoms with Gasteiger partial charge in [0.2, 0.25) is 0 Å². The Morgan fingerprint density at radius 1 is 0.875 bits per heavy atom. The molecule has 0 aromatic rings. The molecule has 0 aromatic carbocycles. The molecule has 2 aliphatic rings. The van der Waals surface area contributed by atoms with Crippen LogP contribution < -0.4 is 5.73 Å². The third kappa shape index (κ3) is 4.04. The van der Waals surface area contributed by atoms with Gasteiger partial charge in [-0.2, -0.15) is 0 Å². The zero-order valence-electron chi connectivity index (χ0n) is 10.5. The average Bonchev–Trinajstić information content (AvgIpc) is 2.30. The number of likely N-dealkylation sites (tertiary alicyclic amines) is 2. The molecule has 0 radical (unpaired) electrons. The number of nitrogens with two attached hydrogens (primary N) is 1. The van der Waals surface area contributed by atoms with E-state index in [2.05, 4.69) is 9.80 Å². The number of piperidine rings is 2. The first-order valence-corrected chi connectivity index (χ1v) is 7.05. The molecule has 94 valence electrons. The molecule has 0 amide bonds. The van der Waals surface area contributed by atoms with E-state index in [4.69, 9.17) is 5.73 Å². The molecule has 0 bridgehead atoms. The Hall–Kier alpha value is -0.120. The van der Waals surface area contributed by atoms with Crippen molar-refractivity contribution in [1.82, 2.24) is 9.80 Å². The van der Waals surface area contributed by atoms with Crippen molar-refractivity contribution >= 4 is 0 Å². The third-order valence-electron chi connectivity index (χ3n) is 3.94. The maximum Gasteiger partial charge on any atom is 0.0168 e. The Labute approximate surface area is 100.0 Å². The van der Waals surface area contributed by atoms with E-state index in [0.717, 1.165) is 6.54 Å². The molecule has 2 rings (SSSR count). The van der Waals surface area contributed by atoms with Crippen molar-refractivity contribution in [2.24, 2.45) is 5.73 Å². The predicted octanol–water partition coefficient (Wildman–Crippen LogP) is 1.29. The minimum absolute atomic E-state index is 0.434. The minimum atomic E-state index is 0.434. The van der Waals surface area contributed by atoms with Crippen molar-refractivity contribution in [1.29, 1.82) is 0 Å². The second-order valence-corrected chi connectivity index (χ2v) is 5.46. The summed E-state index contributed by atoms with van der Waals surface area (Å²) in [6.07, 6.45) is 8.11. The monoisotopic (exact) mass is 225 g/mol. The van der Waals surface area contributed by atoms with Gasteiger partial charge >= 0.3 is 0 Å². The molecule has 2 N–H and O–H groups in total. The van der Waals surface area contributed by atoms with Gasteiger partial charge in [0.25, 0.3) is 0 Å². The van der Waals surface area contributed by atoms with Crippen LogP contribution in [0.3, 0.4) is 0 Å². The van der Waals surface area contributed by atoms with Crippen LogP contribution in [0, 0.1) is 0 Å². The predicted molar refractivity (Wildman–Crippen MR) is 68.6 cm³/mol. The van der Waals surface area contributed by atoms with Gasteiger partial charge in [0, 0.05) is 12.6 Å². The lowest BCUT2D eigenvalue weighted by atomic mass is 10.1. The summed E-state index contributed by atoms with van der Waals surface area (Å²) in [4.78, 5) is 5.19. The highest BCUT2D eigenvalue weighted by molar-refractivity contribution is 4.75. The molecule has 3 nitrogen and oxygen atoms in total. The van der Waals surface area contributed by atoms with Crippen LogP contribution in [0.25, 0.3) is 0 Å². The molecule has 0 aromatic heterocycles. The number of hydrogen-bond acceptors (Lipinski definition) is 3. The van der Waals surface area contributed by atoms with Crippen molar-refractivity contribution in [2.45, 2.75) is 44.6 Å². The van der Waals surface area contributed by atoms with E-state index < -0.39 is 0 Å². The highest BCUT2D eigenvalue weighted by Gasteiger charge is 2.16. The summed E-state index contributed by atoms with van der Waals surface area (Å²) in [6.45, 7) is 7.61. The van der Waals surface area contributed by atoms with Gasteiger partial charge in [0.15, 0.2) is 0 Å². The molecule has 3 heteroatoms. The molecule has 2 heterocycles. The first-order valence-electron chi connectivity index (χ1n) is 7.05. The fourth-order valence-corrected chi connectivity index (χ4v) is 3.00. The Morgan fingerprint density at radius 3 is 2.31 bits per heavy atom. The standard InChI is InChI=1S/C13H27N3/c14-13-6-4-9-16(12-13)11-5-10-15-7-2-1-3-8-15/h13H,1-12,14H2/t13-/m1/s1. The van der Waals surface area contributed by atoms with Crippen LogP contribution in [0.5, 0.6) is 0 Å². The van der Waals surface area contributed by atoms with Crippen LogP contribution in [-0.4, -0.2) is 55.1 Å². The molecule has 16 heavy (non-hydrogen) atoms. The highest BCUT2D eigenvalue weighted by Crippen LogP contribution is 2.11. The molecule has 0 spiro atoms. The number of hydrogen-bond donors (Lipinski definition) is 1. The Balaban J connectivity index is 1.56. The van der Waals surface area contributed by atoms with Crippen molar-refractivity contribution in [3.05, 3.63) is 0 Å². The van der Waals surface area contributed by atoms with Crippen LogP contribution in [0.15, 0.2) is 0 Å². The maximum atomic E-state index is 5.99. The molecule has 2 aliphatic heterocycles. The van der Waals surface area contributed by atoms with E-state index in [-0.39, 0.29) is 0 Å². The van der Waals surface area contributed by atoms with Gasteiger partial charge in [-0.15, -0.1) is 0 Å². The van der Waals surface area contributed by atoms with Crippen LogP contribution in [0.4, 0.5) is 0 Å². The summed E-state index contributed by atoms with van der Waals surface area (Å²) in [5, 5.41) is 0. The minimum Gasteiger partial charge on any atom is -0.327 e. The largest absolute Gasteiger partial charge is 0.327 e. The van der Waals surface area contributed by atoms with Gasteiger partial charge in [0.1, 0.15) is 0 Å². The van der Waals surface area contributed by atoms with Crippen LogP contribution in [0.2, 0.25) is 0 Å².